The Morgan fingerprint density at radius 3 is 2.29 bits per heavy atom. The average molecular weight is 914 g/mol. The van der Waals surface area contributed by atoms with Gasteiger partial charge in [-0.3, -0.25) is 38.5 Å². The van der Waals surface area contributed by atoms with Gasteiger partial charge in [-0.05, 0) is 74.8 Å². The van der Waals surface area contributed by atoms with E-state index in [2.05, 4.69) is 16.0 Å². The van der Waals surface area contributed by atoms with Gasteiger partial charge in [-0.15, -0.1) is 0 Å². The topological polar surface area (TPSA) is 222 Å². The molecule has 2 aliphatic heterocycles. The zero-order chi connectivity index (χ0) is 47.7. The van der Waals surface area contributed by atoms with Crippen LogP contribution in [0.25, 0.3) is 0 Å². The maximum absolute atomic E-state index is 17.8. The van der Waals surface area contributed by atoms with Crippen molar-refractivity contribution in [1.82, 2.24) is 15.5 Å². The molecule has 0 spiro atoms. The number of carbonyl (C=O) groups excluding carboxylic acids is 7. The van der Waals surface area contributed by atoms with Crippen LogP contribution in [0.3, 0.4) is 0 Å². The Bertz CT molecular complexity index is 2460. The van der Waals surface area contributed by atoms with E-state index in [1.165, 1.54) is 39.0 Å². The third kappa shape index (κ3) is 7.43. The first-order valence-electron chi connectivity index (χ1n) is 22.3. The smallest absolute Gasteiger partial charge is 0.339 e. The van der Waals surface area contributed by atoms with Crippen molar-refractivity contribution >= 4 is 46.8 Å². The second-order valence-corrected chi connectivity index (χ2v) is 18.9. The van der Waals surface area contributed by atoms with E-state index in [1.54, 1.807) is 37.3 Å². The minimum Gasteiger partial charge on any atom is -0.390 e. The first kappa shape index (κ1) is 46.8. The highest BCUT2D eigenvalue weighted by atomic mass is 19.1. The lowest BCUT2D eigenvalue weighted by atomic mass is 9.44. The van der Waals surface area contributed by atoms with Gasteiger partial charge in [0.1, 0.15) is 24.9 Å². The largest absolute Gasteiger partial charge is 0.390 e. The van der Waals surface area contributed by atoms with Gasteiger partial charge in [0, 0.05) is 71.2 Å². The number of anilines is 1. The van der Waals surface area contributed by atoms with Gasteiger partial charge < -0.3 is 35.6 Å². The summed E-state index contributed by atoms with van der Waals surface area (Å²) in [7, 11) is 0. The normalized spacial score (nSPS) is 34.3. The van der Waals surface area contributed by atoms with Crippen molar-refractivity contribution in [2.45, 2.75) is 114 Å². The lowest BCUT2D eigenvalue weighted by molar-refractivity contribution is -0.235. The maximum Gasteiger partial charge on any atom is 0.339 e. The molecule has 0 radical (unpaired) electrons. The number of amides is 5. The van der Waals surface area contributed by atoms with E-state index in [-0.39, 0.29) is 49.5 Å². The maximum atomic E-state index is 17.8. The van der Waals surface area contributed by atoms with Crippen LogP contribution in [0, 0.1) is 22.7 Å². The summed E-state index contributed by atoms with van der Waals surface area (Å²) in [6, 6.07) is 12.5. The van der Waals surface area contributed by atoms with Gasteiger partial charge >= 0.3 is 5.78 Å². The lowest BCUT2D eigenvalue weighted by Crippen LogP contribution is -2.70. The number of carbonyl (C=O) groups is 6. The molecule has 0 unspecified atom stereocenters. The molecule has 6 N–H and O–H groups in total. The highest BCUT2D eigenvalue weighted by molar-refractivity contribution is 6.13. The van der Waals surface area contributed by atoms with Crippen LogP contribution in [-0.2, 0) is 38.2 Å². The highest BCUT2D eigenvalue weighted by Gasteiger charge is 2.80. The predicted molar refractivity (Wildman–Crippen MR) is 234 cm³/mol. The molecule has 1 saturated heterocycles. The van der Waals surface area contributed by atoms with Gasteiger partial charge in [0.25, 0.3) is 11.8 Å². The van der Waals surface area contributed by atoms with Crippen molar-refractivity contribution in [1.29, 1.82) is 0 Å². The molecule has 0 aromatic heterocycles. The van der Waals surface area contributed by atoms with Crippen LogP contribution in [-0.4, -0.2) is 116 Å². The van der Waals surface area contributed by atoms with Gasteiger partial charge in [0.05, 0.1) is 12.2 Å². The van der Waals surface area contributed by atoms with Gasteiger partial charge in [0.2, 0.25) is 17.7 Å². The Balaban J connectivity index is 0.903. The third-order valence-electron chi connectivity index (χ3n) is 15.3. The SMILES string of the molecule is C[C@@H](c1ccc([C@@H]2O[C@@H]3C[C@H]4[C@@H]5C[C@H](F)C6=CC(=[OH+])C=C[C@]6(C)[C@@]5(F)[C@@H](O)C[C@]4(C)[C@]3(C(=O)CO)O2)cc1)c1cccc(NC(=O)[C@H](C)NC(=O)[C@H](C)NC(=O)CCN2C(=O)C=CC2=O)c1. The number of benzene rings is 2. The minimum absolute atomic E-state index is 0.0588. The first-order chi connectivity index (χ1) is 31.2. The summed E-state index contributed by atoms with van der Waals surface area (Å²) in [5.74, 6) is -5.45. The average Bonchev–Trinajstić information content (AvgIpc) is 3.91. The highest BCUT2D eigenvalue weighted by Crippen LogP contribution is 2.72. The number of ether oxygens (including phenoxy) is 2. The fourth-order valence-corrected chi connectivity index (χ4v) is 11.6. The summed E-state index contributed by atoms with van der Waals surface area (Å²) in [6.45, 7) is 7.17. The number of halogens is 2. The number of fused-ring (bicyclic) bond motifs is 7. The molecule has 4 aliphatic carbocycles. The number of ketones is 2. The number of hydrogen-bond donors (Lipinski definition) is 5. The summed E-state index contributed by atoms with van der Waals surface area (Å²) in [5, 5.41) is 30.1. The Morgan fingerprint density at radius 1 is 0.924 bits per heavy atom. The predicted octanol–water partition coefficient (Wildman–Crippen LogP) is 3.72. The quantitative estimate of drug-likeness (QED) is 0.145. The molecule has 2 heterocycles. The number of aliphatic hydroxyl groups is 2. The fraction of sp³-hybridized carbons (Fsp3) is 0.490. The number of nitrogens with zero attached hydrogens (tertiary/aromatic N) is 1. The van der Waals surface area contributed by atoms with E-state index in [4.69, 9.17) is 9.47 Å². The van der Waals surface area contributed by atoms with Crippen molar-refractivity contribution in [3.8, 4) is 0 Å². The Kier molecular flexibility index (Phi) is 12.2. The van der Waals surface area contributed by atoms with Gasteiger partial charge in [0.15, 0.2) is 23.3 Å². The Hall–Kier alpha value is -5.75. The molecule has 8 rings (SSSR count). The van der Waals surface area contributed by atoms with Crippen molar-refractivity contribution in [2.24, 2.45) is 22.7 Å². The molecule has 350 valence electrons. The van der Waals surface area contributed by atoms with Crippen LogP contribution in [0.4, 0.5) is 14.5 Å². The fourth-order valence-electron chi connectivity index (χ4n) is 11.6. The molecule has 66 heavy (non-hydrogen) atoms. The van der Waals surface area contributed by atoms with Gasteiger partial charge in [-0.2, -0.15) is 0 Å². The standard InChI is InChI=1S/C49H54F2N4O11/c1-25(30-7-6-8-31(19-30)54-44(64)27(3)53-43(63)26(2)52-40(60)16-18-55-41(61)13-14-42(55)62)28-9-11-29(12-10-28)45-65-39-22-33-34-21-36(50)35-20-32(57)15-17-46(35,4)48(34,51)37(58)23-47(33,5)49(39,66-45)38(59)24-56/h6-15,17,19-20,25-27,33-34,36-37,39,45,56,58H,16,18,21-24H2,1-5H3,(H,52,60)(H,53,63)(H,54,64)/p+1/t25-,26-,27-,33-,34-,36-,37-,39+,45+,46-,47-,48-,49+/m0/s1. The van der Waals surface area contributed by atoms with E-state index >= 15 is 8.78 Å². The molecule has 17 heteroatoms. The number of imide groups is 1. The molecule has 2 aromatic carbocycles. The summed E-state index contributed by atoms with van der Waals surface area (Å²) in [6.07, 6.45) is 0.398. The monoisotopic (exact) mass is 913 g/mol. The zero-order valence-electron chi connectivity index (χ0n) is 37.3. The number of aliphatic hydroxyl groups excluding tert-OH is 2. The summed E-state index contributed by atoms with van der Waals surface area (Å²) in [5.41, 5.74) is -4.05. The Morgan fingerprint density at radius 2 is 1.61 bits per heavy atom. The van der Waals surface area contributed by atoms with Crippen LogP contribution < -0.4 is 16.0 Å². The Labute approximate surface area is 380 Å². The van der Waals surface area contributed by atoms with Crippen LogP contribution in [0.1, 0.15) is 89.2 Å². The lowest BCUT2D eigenvalue weighted by Gasteiger charge is -2.63. The van der Waals surface area contributed by atoms with Crippen LogP contribution >= 0.6 is 0 Å². The van der Waals surface area contributed by atoms with Gasteiger partial charge in [-0.1, -0.05) is 56.3 Å². The summed E-state index contributed by atoms with van der Waals surface area (Å²) < 4.78 is 47.0. The van der Waals surface area contributed by atoms with E-state index in [9.17, 15) is 43.8 Å². The number of rotatable bonds is 13. The number of Topliss-reactive ketones (excluding diaryl/α,β-unsaturated/α-hetero) is 1. The number of alkyl halides is 2. The van der Waals surface area contributed by atoms with Crippen LogP contribution in [0.5, 0.6) is 0 Å². The third-order valence-corrected chi connectivity index (χ3v) is 15.3. The molecule has 6 aliphatic rings. The molecule has 15 nitrogen and oxygen atoms in total. The molecular formula is C49H55F2N4O11+. The molecular weight excluding hydrogens is 859 g/mol. The molecule has 0 bridgehead atoms. The number of allylic oxidation sites excluding steroid dienone is 4. The zero-order valence-corrected chi connectivity index (χ0v) is 37.3. The van der Waals surface area contributed by atoms with Crippen molar-refractivity contribution in [2.75, 3.05) is 18.5 Å². The van der Waals surface area contributed by atoms with Crippen molar-refractivity contribution in [3.63, 3.8) is 0 Å². The summed E-state index contributed by atoms with van der Waals surface area (Å²) in [4.78, 5) is 86.9. The van der Waals surface area contributed by atoms with E-state index in [0.717, 1.165) is 28.2 Å². The second-order valence-electron chi connectivity index (χ2n) is 18.9. The number of nitrogens with one attached hydrogen (secondary N) is 3. The molecule has 3 saturated carbocycles. The van der Waals surface area contributed by atoms with E-state index in [0.29, 0.717) is 11.3 Å². The van der Waals surface area contributed by atoms with Crippen LogP contribution in [0.15, 0.2) is 84.5 Å². The van der Waals surface area contributed by atoms with Crippen molar-refractivity contribution < 1.29 is 62.0 Å². The van der Waals surface area contributed by atoms with Gasteiger partial charge in [-0.25, -0.2) is 8.78 Å². The summed E-state index contributed by atoms with van der Waals surface area (Å²) >= 11 is 0. The minimum atomic E-state index is -2.33. The molecule has 13 atom stereocenters. The second kappa shape index (κ2) is 17.2. The molecule has 4 fully saturated rings. The van der Waals surface area contributed by atoms with E-state index in [1.807, 2.05) is 25.1 Å². The first-order valence-corrected chi connectivity index (χ1v) is 22.3. The van der Waals surface area contributed by atoms with E-state index < -0.39 is 113 Å². The molecule has 2 aromatic rings. The number of hydrogen-bond acceptors (Lipinski definition) is 10. The van der Waals surface area contributed by atoms with Crippen molar-refractivity contribution in [3.05, 3.63) is 101 Å². The molecule has 5 amide bonds. The van der Waals surface area contributed by atoms with Crippen LogP contribution in [0.2, 0.25) is 0 Å².